The fourth-order valence-electron chi connectivity index (χ4n) is 3.00. The van der Waals surface area contributed by atoms with Crippen LogP contribution in [0, 0.1) is 0 Å². The van der Waals surface area contributed by atoms with Gasteiger partial charge in [-0.2, -0.15) is 5.10 Å². The van der Waals surface area contributed by atoms with Crippen LogP contribution in [0.1, 0.15) is 17.5 Å². The van der Waals surface area contributed by atoms with E-state index in [1.54, 1.807) is 27.1 Å². The van der Waals surface area contributed by atoms with Crippen molar-refractivity contribution in [2.24, 2.45) is 0 Å². The van der Waals surface area contributed by atoms with E-state index in [9.17, 15) is 14.7 Å². The fraction of sp³-hybridized carbons (Fsp3) is 0.375. The number of thiophene rings is 1. The van der Waals surface area contributed by atoms with E-state index in [2.05, 4.69) is 10.1 Å². The number of carbonyl (C=O) groups excluding carboxylic acids is 1. The van der Waals surface area contributed by atoms with Crippen molar-refractivity contribution in [2.75, 3.05) is 13.2 Å². The molecule has 0 unspecified atom stereocenters. The number of rotatable bonds is 4. The molecule has 3 aromatic heterocycles. The summed E-state index contributed by atoms with van der Waals surface area (Å²) < 4.78 is 3.59. The summed E-state index contributed by atoms with van der Waals surface area (Å²) in [6, 6.07) is 3.46. The summed E-state index contributed by atoms with van der Waals surface area (Å²) in [5.41, 5.74) is 1.60. The Morgan fingerprint density at radius 2 is 2.23 bits per heavy atom. The van der Waals surface area contributed by atoms with Crippen LogP contribution in [-0.4, -0.2) is 53.5 Å². The Morgan fingerprint density at radius 3 is 3.04 bits per heavy atom. The lowest BCUT2D eigenvalue weighted by Crippen LogP contribution is -2.41. The molecule has 1 amide bonds. The zero-order valence-electron chi connectivity index (χ0n) is 13.8. The molecule has 0 saturated carbocycles. The van der Waals surface area contributed by atoms with E-state index in [1.807, 2.05) is 0 Å². The van der Waals surface area contributed by atoms with Crippen molar-refractivity contribution in [3.8, 4) is 0 Å². The molecule has 136 valence electrons. The minimum Gasteiger partial charge on any atom is -0.393 e. The number of nitrogens with zero attached hydrogens (tertiary/aromatic N) is 5. The molecule has 0 radical (unpaired) electrons. The highest BCUT2D eigenvalue weighted by atomic mass is 32.1. The summed E-state index contributed by atoms with van der Waals surface area (Å²) in [6.07, 6.45) is 0.374. The van der Waals surface area contributed by atoms with Crippen LogP contribution >= 0.6 is 11.3 Å². The topological polar surface area (TPSA) is 113 Å². The molecule has 0 saturated heterocycles. The molecule has 1 aliphatic rings. The molecule has 0 aliphatic carbocycles. The second kappa shape index (κ2) is 6.63. The van der Waals surface area contributed by atoms with Gasteiger partial charge in [0.25, 0.3) is 5.56 Å². The third kappa shape index (κ3) is 2.91. The Hall–Kier alpha value is -2.56. The predicted molar refractivity (Wildman–Crippen MR) is 93.6 cm³/mol. The van der Waals surface area contributed by atoms with Crippen molar-refractivity contribution in [1.82, 2.24) is 24.2 Å². The average Bonchev–Trinajstić information content (AvgIpc) is 3.29. The molecule has 4 rings (SSSR count). The van der Waals surface area contributed by atoms with Gasteiger partial charge in [0.1, 0.15) is 17.3 Å². The molecule has 1 atom stereocenters. The number of aromatic nitrogens is 4. The first kappa shape index (κ1) is 16.9. The number of hydrogen-bond acceptors (Lipinski definition) is 7. The smallest absolute Gasteiger partial charge is 0.271 e. The maximum atomic E-state index is 12.6. The lowest BCUT2D eigenvalue weighted by molar-refractivity contribution is -0.133. The Bertz CT molecular complexity index is 1020. The Morgan fingerprint density at radius 1 is 1.38 bits per heavy atom. The highest BCUT2D eigenvalue weighted by Crippen LogP contribution is 2.18. The normalized spacial score (nSPS) is 15.2. The van der Waals surface area contributed by atoms with Crippen molar-refractivity contribution < 1.29 is 15.0 Å². The maximum absolute atomic E-state index is 12.6. The molecule has 0 fully saturated rings. The van der Waals surface area contributed by atoms with Gasteiger partial charge < -0.3 is 15.1 Å². The molecule has 2 N–H and O–H groups in total. The largest absolute Gasteiger partial charge is 0.393 e. The third-order valence-electron chi connectivity index (χ3n) is 4.43. The minimum absolute atomic E-state index is 0.0695. The SMILES string of the molecule is O=C(Cn1cnc2ccsc2c1=O)N1CCn2nc([C@H](O)CO)cc2C1. The number of aliphatic hydroxyl groups is 2. The van der Waals surface area contributed by atoms with Crippen LogP contribution in [0.5, 0.6) is 0 Å². The standard InChI is InChI=1S/C16H17N5O4S/c22-8-13(23)12-5-10-6-19(2-3-21(10)18-12)14(24)7-20-9-17-11-1-4-26-15(11)16(20)25/h1,4-5,9,13,22-23H,2-3,6-8H2/t13-/m1/s1. The van der Waals surface area contributed by atoms with Crippen LogP contribution in [0.3, 0.4) is 0 Å². The summed E-state index contributed by atoms with van der Waals surface area (Å²) in [7, 11) is 0. The zero-order chi connectivity index (χ0) is 18.3. The molecular formula is C16H17N5O4S. The first-order valence-electron chi connectivity index (χ1n) is 8.13. The molecule has 26 heavy (non-hydrogen) atoms. The lowest BCUT2D eigenvalue weighted by atomic mass is 10.2. The quantitative estimate of drug-likeness (QED) is 0.649. The fourth-order valence-corrected chi connectivity index (χ4v) is 3.79. The minimum atomic E-state index is -1.03. The van der Waals surface area contributed by atoms with Crippen molar-refractivity contribution >= 4 is 27.5 Å². The molecule has 0 aromatic carbocycles. The van der Waals surface area contributed by atoms with E-state index < -0.39 is 12.7 Å². The number of aliphatic hydroxyl groups excluding tert-OH is 2. The van der Waals surface area contributed by atoms with E-state index in [0.717, 1.165) is 5.69 Å². The van der Waals surface area contributed by atoms with Crippen LogP contribution in [0.2, 0.25) is 0 Å². The molecule has 0 bridgehead atoms. The van der Waals surface area contributed by atoms with Crippen LogP contribution in [-0.2, 0) is 24.4 Å². The van der Waals surface area contributed by atoms with Gasteiger partial charge in [-0.3, -0.25) is 18.8 Å². The summed E-state index contributed by atoms with van der Waals surface area (Å²) in [4.78, 5) is 30.9. The number of fused-ring (bicyclic) bond motifs is 2. The second-order valence-electron chi connectivity index (χ2n) is 6.11. The summed E-state index contributed by atoms with van der Waals surface area (Å²) >= 11 is 1.31. The Labute approximate surface area is 151 Å². The van der Waals surface area contributed by atoms with E-state index in [4.69, 9.17) is 5.11 Å². The van der Waals surface area contributed by atoms with E-state index in [-0.39, 0.29) is 18.0 Å². The van der Waals surface area contributed by atoms with Gasteiger partial charge in [-0.15, -0.1) is 11.3 Å². The van der Waals surface area contributed by atoms with Crippen molar-refractivity contribution in [3.05, 3.63) is 45.6 Å². The summed E-state index contributed by atoms with van der Waals surface area (Å²) in [6.45, 7) is 0.829. The summed E-state index contributed by atoms with van der Waals surface area (Å²) in [5.74, 6) is -0.179. The van der Waals surface area contributed by atoms with Gasteiger partial charge in [-0.25, -0.2) is 4.98 Å². The van der Waals surface area contributed by atoms with Gasteiger partial charge in [0.2, 0.25) is 5.91 Å². The second-order valence-corrected chi connectivity index (χ2v) is 7.03. The van der Waals surface area contributed by atoms with Crippen LogP contribution < -0.4 is 5.56 Å². The highest BCUT2D eigenvalue weighted by molar-refractivity contribution is 7.17. The van der Waals surface area contributed by atoms with Crippen LogP contribution in [0.25, 0.3) is 10.2 Å². The predicted octanol–water partition coefficient (Wildman–Crippen LogP) is -0.277. The molecule has 9 nitrogen and oxygen atoms in total. The van der Waals surface area contributed by atoms with Crippen LogP contribution in [0.15, 0.2) is 28.6 Å². The lowest BCUT2D eigenvalue weighted by Gasteiger charge is -2.27. The number of hydrogen-bond donors (Lipinski definition) is 2. The van der Waals surface area contributed by atoms with Crippen molar-refractivity contribution in [3.63, 3.8) is 0 Å². The molecule has 4 heterocycles. The first-order chi connectivity index (χ1) is 12.6. The zero-order valence-corrected chi connectivity index (χ0v) is 14.6. The molecular weight excluding hydrogens is 358 g/mol. The summed E-state index contributed by atoms with van der Waals surface area (Å²) in [5, 5.41) is 24.8. The average molecular weight is 375 g/mol. The maximum Gasteiger partial charge on any atom is 0.271 e. The highest BCUT2D eigenvalue weighted by Gasteiger charge is 2.24. The van der Waals surface area contributed by atoms with Gasteiger partial charge in [0.05, 0.1) is 42.9 Å². The molecule has 3 aromatic rings. The van der Waals surface area contributed by atoms with Gasteiger partial charge >= 0.3 is 0 Å². The Kier molecular flexibility index (Phi) is 4.31. The van der Waals surface area contributed by atoms with Crippen molar-refractivity contribution in [2.45, 2.75) is 25.7 Å². The van der Waals surface area contributed by atoms with E-state index in [1.165, 1.54) is 22.2 Å². The molecule has 1 aliphatic heterocycles. The van der Waals surface area contributed by atoms with E-state index in [0.29, 0.717) is 35.5 Å². The molecule has 0 spiro atoms. The third-order valence-corrected chi connectivity index (χ3v) is 5.32. The van der Waals surface area contributed by atoms with E-state index >= 15 is 0 Å². The van der Waals surface area contributed by atoms with Gasteiger partial charge in [0, 0.05) is 6.54 Å². The Balaban J connectivity index is 1.51. The van der Waals surface area contributed by atoms with Gasteiger partial charge in [0.15, 0.2) is 0 Å². The van der Waals surface area contributed by atoms with Crippen molar-refractivity contribution in [1.29, 1.82) is 0 Å². The first-order valence-corrected chi connectivity index (χ1v) is 9.00. The number of carbonyl (C=O) groups is 1. The van der Waals surface area contributed by atoms with Gasteiger partial charge in [-0.1, -0.05) is 0 Å². The van der Waals surface area contributed by atoms with Gasteiger partial charge in [-0.05, 0) is 17.5 Å². The number of amides is 1. The van der Waals surface area contributed by atoms with Crippen LogP contribution in [0.4, 0.5) is 0 Å². The monoisotopic (exact) mass is 375 g/mol. The molecule has 10 heteroatoms.